The first-order valence-corrected chi connectivity index (χ1v) is 4.66. The van der Waals surface area contributed by atoms with Crippen LogP contribution in [0.3, 0.4) is 0 Å². The molecule has 0 spiro atoms. The lowest BCUT2D eigenvalue weighted by molar-refractivity contribution is -0.313. The first kappa shape index (κ1) is 10.6. The van der Waals surface area contributed by atoms with Crippen molar-refractivity contribution in [1.82, 2.24) is 0 Å². The van der Waals surface area contributed by atoms with Crippen LogP contribution in [-0.4, -0.2) is 12.1 Å². The highest BCUT2D eigenvalue weighted by molar-refractivity contribution is 5.70. The summed E-state index contributed by atoms with van der Waals surface area (Å²) in [5.41, 5.74) is 0. The molecule has 1 aromatic carbocycles. The molecule has 3 nitrogen and oxygen atoms in total. The average molecular weight is 193 g/mol. The fourth-order valence-electron chi connectivity index (χ4n) is 1.15. The molecule has 0 heterocycles. The lowest BCUT2D eigenvalue weighted by Gasteiger charge is -2.19. The zero-order valence-corrected chi connectivity index (χ0v) is 8.10. The molecule has 1 unspecified atom stereocenters. The van der Waals surface area contributed by atoms with Gasteiger partial charge in [0.15, 0.2) is 0 Å². The minimum atomic E-state index is -1.16. The summed E-state index contributed by atoms with van der Waals surface area (Å²) in [6, 6.07) is 8.90. The molecular formula is C11H13O3-. The summed E-state index contributed by atoms with van der Waals surface area (Å²) < 4.78 is 5.25. The summed E-state index contributed by atoms with van der Waals surface area (Å²) in [7, 11) is 0. The van der Waals surface area contributed by atoms with Crippen LogP contribution >= 0.6 is 0 Å². The first-order valence-electron chi connectivity index (χ1n) is 4.66. The Kier molecular flexibility index (Phi) is 3.98. The number of ether oxygens (including phenoxy) is 1. The third-order valence-electron chi connectivity index (χ3n) is 1.84. The summed E-state index contributed by atoms with van der Waals surface area (Å²) in [6.07, 6.45) is 0.380. The molecule has 1 rings (SSSR count). The molecule has 0 aromatic heterocycles. The van der Waals surface area contributed by atoms with Crippen molar-refractivity contribution < 1.29 is 14.6 Å². The summed E-state index contributed by atoms with van der Waals surface area (Å²) in [5.74, 6) is -0.592. The molecule has 0 bridgehead atoms. The molecule has 0 saturated heterocycles. The zero-order chi connectivity index (χ0) is 10.4. The molecule has 76 valence electrons. The van der Waals surface area contributed by atoms with Crippen LogP contribution in [0.2, 0.25) is 0 Å². The first-order chi connectivity index (χ1) is 6.74. The normalized spacial score (nSPS) is 12.1. The summed E-state index contributed by atoms with van der Waals surface area (Å²) in [6.45, 7) is 1.91. The van der Waals surface area contributed by atoms with Gasteiger partial charge in [-0.1, -0.05) is 31.5 Å². The van der Waals surface area contributed by atoms with Crippen molar-refractivity contribution in [2.24, 2.45) is 0 Å². The third-order valence-corrected chi connectivity index (χ3v) is 1.84. The summed E-state index contributed by atoms with van der Waals surface area (Å²) in [4.78, 5) is 10.7. The van der Waals surface area contributed by atoms with Gasteiger partial charge in [-0.2, -0.15) is 0 Å². The van der Waals surface area contributed by atoms with Crippen molar-refractivity contribution in [2.75, 3.05) is 0 Å². The summed E-state index contributed by atoms with van der Waals surface area (Å²) in [5, 5.41) is 10.7. The predicted molar refractivity (Wildman–Crippen MR) is 50.8 cm³/mol. The van der Waals surface area contributed by atoms with Crippen LogP contribution in [0.15, 0.2) is 30.3 Å². The molecule has 0 amide bonds. The largest absolute Gasteiger partial charge is 0.546 e. The van der Waals surface area contributed by atoms with Crippen LogP contribution in [-0.2, 0) is 4.79 Å². The number of carbonyl (C=O) groups is 1. The smallest absolute Gasteiger partial charge is 0.138 e. The van der Waals surface area contributed by atoms with Crippen molar-refractivity contribution in [3.8, 4) is 5.75 Å². The molecule has 3 heteroatoms. The van der Waals surface area contributed by atoms with Gasteiger partial charge in [0, 0.05) is 0 Å². The number of benzene rings is 1. The summed E-state index contributed by atoms with van der Waals surface area (Å²) >= 11 is 0. The second-order valence-corrected chi connectivity index (χ2v) is 3.03. The van der Waals surface area contributed by atoms with E-state index in [9.17, 15) is 9.90 Å². The standard InChI is InChI=1S/C11H14O3/c1-2-6-10(11(12)13)14-9-7-4-3-5-8-9/h3-5,7-8,10H,2,6H2,1H3,(H,12,13)/p-1. The van der Waals surface area contributed by atoms with Gasteiger partial charge in [-0.05, 0) is 18.6 Å². The Morgan fingerprint density at radius 1 is 1.43 bits per heavy atom. The molecule has 0 N–H and O–H groups in total. The molecule has 0 aliphatic heterocycles. The Morgan fingerprint density at radius 3 is 2.57 bits per heavy atom. The van der Waals surface area contributed by atoms with E-state index in [0.717, 1.165) is 6.42 Å². The van der Waals surface area contributed by atoms with Crippen molar-refractivity contribution in [2.45, 2.75) is 25.9 Å². The van der Waals surface area contributed by atoms with Gasteiger partial charge in [-0.15, -0.1) is 0 Å². The number of para-hydroxylation sites is 1. The van der Waals surface area contributed by atoms with Crippen LogP contribution < -0.4 is 9.84 Å². The second kappa shape index (κ2) is 5.27. The highest BCUT2D eigenvalue weighted by Crippen LogP contribution is 2.12. The zero-order valence-electron chi connectivity index (χ0n) is 8.10. The van der Waals surface area contributed by atoms with E-state index in [1.54, 1.807) is 24.3 Å². The monoisotopic (exact) mass is 193 g/mol. The Hall–Kier alpha value is -1.51. The maximum absolute atomic E-state index is 10.7. The Morgan fingerprint density at radius 2 is 2.07 bits per heavy atom. The average Bonchev–Trinajstić information content (AvgIpc) is 2.18. The third kappa shape index (κ3) is 3.09. The van der Waals surface area contributed by atoms with Crippen LogP contribution in [0, 0.1) is 0 Å². The van der Waals surface area contributed by atoms with Gasteiger partial charge < -0.3 is 14.6 Å². The Labute approximate surface area is 83.3 Å². The van der Waals surface area contributed by atoms with E-state index in [1.807, 2.05) is 13.0 Å². The molecule has 0 saturated carbocycles. The van der Waals surface area contributed by atoms with Crippen LogP contribution in [0.4, 0.5) is 0 Å². The van der Waals surface area contributed by atoms with Crippen molar-refractivity contribution in [1.29, 1.82) is 0 Å². The van der Waals surface area contributed by atoms with Gasteiger partial charge >= 0.3 is 0 Å². The lowest BCUT2D eigenvalue weighted by Crippen LogP contribution is -2.39. The van der Waals surface area contributed by atoms with E-state index in [-0.39, 0.29) is 0 Å². The second-order valence-electron chi connectivity index (χ2n) is 3.03. The van der Waals surface area contributed by atoms with Gasteiger partial charge in [0.05, 0.1) is 5.97 Å². The van der Waals surface area contributed by atoms with Gasteiger partial charge in [0.2, 0.25) is 0 Å². The maximum atomic E-state index is 10.7. The number of hydrogen-bond donors (Lipinski definition) is 0. The van der Waals surface area contributed by atoms with Crippen LogP contribution in [0.25, 0.3) is 0 Å². The van der Waals surface area contributed by atoms with Gasteiger partial charge in [0.1, 0.15) is 11.9 Å². The molecule has 0 aliphatic rings. The molecule has 1 aromatic rings. The van der Waals surface area contributed by atoms with E-state index in [4.69, 9.17) is 4.74 Å². The molecule has 1 atom stereocenters. The van der Waals surface area contributed by atoms with Gasteiger partial charge in [-0.25, -0.2) is 0 Å². The van der Waals surface area contributed by atoms with Gasteiger partial charge in [-0.3, -0.25) is 0 Å². The number of rotatable bonds is 5. The quantitative estimate of drug-likeness (QED) is 0.700. The van der Waals surface area contributed by atoms with Crippen LogP contribution in [0.1, 0.15) is 19.8 Å². The highest BCUT2D eigenvalue weighted by Gasteiger charge is 2.09. The van der Waals surface area contributed by atoms with E-state index >= 15 is 0 Å². The SMILES string of the molecule is CCCC(Oc1ccccc1)C(=O)[O-]. The number of aliphatic carboxylic acids is 1. The van der Waals surface area contributed by atoms with E-state index in [1.165, 1.54) is 0 Å². The maximum Gasteiger partial charge on any atom is 0.138 e. The van der Waals surface area contributed by atoms with Gasteiger partial charge in [0.25, 0.3) is 0 Å². The topological polar surface area (TPSA) is 49.4 Å². The lowest BCUT2D eigenvalue weighted by atomic mass is 10.2. The number of hydrogen-bond acceptors (Lipinski definition) is 3. The Bertz CT molecular complexity index is 282. The molecule has 0 aliphatic carbocycles. The van der Waals surface area contributed by atoms with E-state index in [2.05, 4.69) is 0 Å². The number of carbonyl (C=O) groups excluding carboxylic acids is 1. The Balaban J connectivity index is 2.60. The highest BCUT2D eigenvalue weighted by atomic mass is 16.5. The fraction of sp³-hybridized carbons (Fsp3) is 0.364. The van der Waals surface area contributed by atoms with E-state index in [0.29, 0.717) is 12.2 Å². The molecule has 0 fully saturated rings. The number of carboxylic acids is 1. The molecule has 0 radical (unpaired) electrons. The number of carboxylic acid groups (broad SMARTS) is 1. The van der Waals surface area contributed by atoms with E-state index < -0.39 is 12.1 Å². The van der Waals surface area contributed by atoms with Crippen molar-refractivity contribution >= 4 is 5.97 Å². The van der Waals surface area contributed by atoms with Crippen molar-refractivity contribution in [3.63, 3.8) is 0 Å². The minimum Gasteiger partial charge on any atom is -0.546 e. The minimum absolute atomic E-state index is 0.469. The van der Waals surface area contributed by atoms with Crippen molar-refractivity contribution in [3.05, 3.63) is 30.3 Å². The predicted octanol–water partition coefficient (Wildman–Crippen LogP) is 0.984. The van der Waals surface area contributed by atoms with Crippen LogP contribution in [0.5, 0.6) is 5.75 Å². The molecular weight excluding hydrogens is 180 g/mol. The fourth-order valence-corrected chi connectivity index (χ4v) is 1.15. The molecule has 14 heavy (non-hydrogen) atoms.